The molecule has 0 aliphatic carbocycles. The molecule has 8 heteroatoms. The molecule has 3 aromatic carbocycles. The van der Waals surface area contributed by atoms with Crippen LogP contribution in [0, 0.1) is 13.8 Å². The predicted molar refractivity (Wildman–Crippen MR) is 175 cm³/mol. The number of carbonyl (C=O) groups is 1. The first-order valence-electron chi connectivity index (χ1n) is 14.8. The van der Waals surface area contributed by atoms with Gasteiger partial charge in [0.05, 0.1) is 28.5 Å². The highest BCUT2D eigenvalue weighted by Gasteiger charge is 2.35. The summed E-state index contributed by atoms with van der Waals surface area (Å²) >= 11 is 1.32. The van der Waals surface area contributed by atoms with Gasteiger partial charge in [0, 0.05) is 22.6 Å². The lowest BCUT2D eigenvalue weighted by molar-refractivity contribution is -0.139. The second-order valence-electron chi connectivity index (χ2n) is 11.2. The molecule has 3 heterocycles. The Balaban J connectivity index is 1.52. The Kier molecular flexibility index (Phi) is 7.86. The van der Waals surface area contributed by atoms with Crippen LogP contribution in [0.3, 0.4) is 0 Å². The molecule has 0 bridgehead atoms. The van der Waals surface area contributed by atoms with Crippen molar-refractivity contribution < 1.29 is 14.3 Å². The van der Waals surface area contributed by atoms with Gasteiger partial charge in [-0.25, -0.2) is 9.79 Å². The molecule has 1 atom stereocenters. The zero-order chi connectivity index (χ0) is 31.1. The second kappa shape index (κ2) is 11.8. The minimum atomic E-state index is -0.743. The Morgan fingerprint density at radius 1 is 1.00 bits per heavy atom. The number of aromatic nitrogens is 2. The number of thiazole rings is 1. The maximum atomic E-state index is 14.2. The predicted octanol–water partition coefficient (Wildman–Crippen LogP) is 6.15. The van der Waals surface area contributed by atoms with E-state index in [4.69, 9.17) is 14.5 Å². The quantitative estimate of drug-likeness (QED) is 0.209. The van der Waals surface area contributed by atoms with E-state index in [9.17, 15) is 9.59 Å². The van der Waals surface area contributed by atoms with Gasteiger partial charge in [0.25, 0.3) is 5.56 Å². The van der Waals surface area contributed by atoms with Crippen LogP contribution in [0.1, 0.15) is 56.3 Å². The molecule has 0 spiro atoms. The molecule has 0 N–H and O–H groups in total. The molecule has 7 nitrogen and oxygen atoms in total. The summed E-state index contributed by atoms with van der Waals surface area (Å²) in [5.41, 5.74) is 5.45. The third kappa shape index (κ3) is 5.19. The van der Waals surface area contributed by atoms with E-state index in [2.05, 4.69) is 54.8 Å². The Labute approximate surface area is 260 Å². The Morgan fingerprint density at radius 3 is 2.48 bits per heavy atom. The van der Waals surface area contributed by atoms with Crippen LogP contribution >= 0.6 is 11.3 Å². The number of esters is 1. The van der Waals surface area contributed by atoms with Crippen LogP contribution < -0.4 is 19.6 Å². The van der Waals surface area contributed by atoms with Gasteiger partial charge < -0.3 is 14.0 Å². The molecule has 5 aromatic rings. The van der Waals surface area contributed by atoms with Crippen molar-refractivity contribution in [2.45, 2.75) is 53.7 Å². The minimum absolute atomic E-state index is 0.0963. The van der Waals surface area contributed by atoms with Crippen LogP contribution in [0.4, 0.5) is 0 Å². The number of benzene rings is 3. The lowest BCUT2D eigenvalue weighted by Gasteiger charge is -2.26. The van der Waals surface area contributed by atoms with E-state index in [1.165, 1.54) is 22.1 Å². The van der Waals surface area contributed by atoms with Crippen molar-refractivity contribution in [1.82, 2.24) is 9.13 Å². The van der Waals surface area contributed by atoms with E-state index in [0.717, 1.165) is 22.6 Å². The number of allylic oxidation sites excluding steroid dienone is 1. The van der Waals surface area contributed by atoms with Gasteiger partial charge >= 0.3 is 5.97 Å². The molecule has 0 saturated carbocycles. The molecule has 0 unspecified atom stereocenters. The summed E-state index contributed by atoms with van der Waals surface area (Å²) in [5.74, 6) is 0.115. The highest BCUT2D eigenvalue weighted by Crippen LogP contribution is 2.36. The number of fused-ring (bicyclic) bond motifs is 2. The van der Waals surface area contributed by atoms with Gasteiger partial charge in [-0.05, 0) is 88.2 Å². The van der Waals surface area contributed by atoms with Crippen molar-refractivity contribution in [1.29, 1.82) is 0 Å². The summed E-state index contributed by atoms with van der Waals surface area (Å²) in [5, 5.41) is 2.36. The van der Waals surface area contributed by atoms with Gasteiger partial charge in [-0.2, -0.15) is 0 Å². The summed E-state index contributed by atoms with van der Waals surface area (Å²) in [4.78, 5) is 32.9. The molecular formula is C36H35N3O4S. The van der Waals surface area contributed by atoms with Gasteiger partial charge in [-0.15, -0.1) is 0 Å². The van der Waals surface area contributed by atoms with Gasteiger partial charge in [0.15, 0.2) is 4.80 Å². The first-order chi connectivity index (χ1) is 21.2. The Hall–Kier alpha value is -4.69. The monoisotopic (exact) mass is 605 g/mol. The zero-order valence-corrected chi connectivity index (χ0v) is 26.6. The van der Waals surface area contributed by atoms with Crippen LogP contribution in [-0.4, -0.2) is 27.8 Å². The summed E-state index contributed by atoms with van der Waals surface area (Å²) in [6.07, 6.45) is 1.83. The van der Waals surface area contributed by atoms with Gasteiger partial charge in [-0.1, -0.05) is 59.9 Å². The normalized spacial score (nSPS) is 15.1. The molecule has 0 amide bonds. The number of aryl methyl sites for hydroxylation is 1. The minimum Gasteiger partial charge on any atom is -0.491 e. The van der Waals surface area contributed by atoms with Crippen molar-refractivity contribution in [2.75, 3.05) is 6.61 Å². The maximum absolute atomic E-state index is 14.2. The molecule has 0 fully saturated rings. The van der Waals surface area contributed by atoms with Crippen molar-refractivity contribution in [3.05, 3.63) is 126 Å². The fourth-order valence-electron chi connectivity index (χ4n) is 5.94. The van der Waals surface area contributed by atoms with Crippen molar-refractivity contribution in [3.8, 4) is 11.4 Å². The second-order valence-corrected chi connectivity index (χ2v) is 12.2. The van der Waals surface area contributed by atoms with E-state index in [1.54, 1.807) is 18.4 Å². The lowest BCUT2D eigenvalue weighted by Crippen LogP contribution is -2.40. The smallest absolute Gasteiger partial charge is 0.338 e. The summed E-state index contributed by atoms with van der Waals surface area (Å²) in [6, 6.07) is 23.6. The highest BCUT2D eigenvalue weighted by molar-refractivity contribution is 7.07. The largest absolute Gasteiger partial charge is 0.491 e. The summed E-state index contributed by atoms with van der Waals surface area (Å²) in [7, 11) is 0. The number of rotatable bonds is 7. The summed E-state index contributed by atoms with van der Waals surface area (Å²) in [6.45, 7) is 11.8. The number of ether oxygens (including phenoxy) is 2. The van der Waals surface area contributed by atoms with Crippen molar-refractivity contribution >= 4 is 34.2 Å². The Bertz CT molecular complexity index is 2130. The SMILES string of the molecule is CCOC(=O)C1=C(C)N=c2s/c(=C/c3cc(C)n(-c4ccc5ccccc5c4)c3C)c(=O)n2[C@H]1c1ccccc1OC(C)C. The average molecular weight is 606 g/mol. The molecule has 1 aliphatic rings. The number of hydrogen-bond acceptors (Lipinski definition) is 6. The highest BCUT2D eigenvalue weighted by atomic mass is 32.1. The van der Waals surface area contributed by atoms with Crippen LogP contribution in [0.15, 0.2) is 93.9 Å². The molecule has 2 aromatic heterocycles. The van der Waals surface area contributed by atoms with E-state index in [0.29, 0.717) is 31.9 Å². The van der Waals surface area contributed by atoms with Gasteiger partial charge in [0.1, 0.15) is 11.8 Å². The fraction of sp³-hybridized carbons (Fsp3) is 0.250. The number of hydrogen-bond donors (Lipinski definition) is 0. The van der Waals surface area contributed by atoms with Crippen LogP contribution in [0.5, 0.6) is 5.75 Å². The fourth-order valence-corrected chi connectivity index (χ4v) is 6.98. The third-order valence-corrected chi connectivity index (χ3v) is 8.82. The lowest BCUT2D eigenvalue weighted by atomic mass is 9.95. The molecule has 0 radical (unpaired) electrons. The average Bonchev–Trinajstić information content (AvgIpc) is 3.45. The molecule has 6 rings (SSSR count). The molecular weight excluding hydrogens is 570 g/mol. The molecule has 224 valence electrons. The zero-order valence-electron chi connectivity index (χ0n) is 25.8. The first kappa shape index (κ1) is 29.4. The van der Waals surface area contributed by atoms with Gasteiger partial charge in [-0.3, -0.25) is 9.36 Å². The topological polar surface area (TPSA) is 74.8 Å². The first-order valence-corrected chi connectivity index (χ1v) is 15.6. The van der Waals surface area contributed by atoms with Crippen LogP contribution in [0.25, 0.3) is 22.5 Å². The van der Waals surface area contributed by atoms with Crippen LogP contribution in [0.2, 0.25) is 0 Å². The van der Waals surface area contributed by atoms with Crippen molar-refractivity contribution in [2.24, 2.45) is 4.99 Å². The Morgan fingerprint density at radius 2 is 1.73 bits per heavy atom. The number of nitrogens with zero attached hydrogens (tertiary/aromatic N) is 3. The van der Waals surface area contributed by atoms with E-state index in [-0.39, 0.29) is 18.3 Å². The van der Waals surface area contributed by atoms with E-state index in [1.807, 2.05) is 56.3 Å². The van der Waals surface area contributed by atoms with Crippen molar-refractivity contribution in [3.63, 3.8) is 0 Å². The number of carbonyl (C=O) groups excluding carboxylic acids is 1. The van der Waals surface area contributed by atoms with Crippen LogP contribution in [-0.2, 0) is 9.53 Å². The third-order valence-electron chi connectivity index (χ3n) is 7.84. The molecule has 0 saturated heterocycles. The standard InChI is InChI=1S/C36H35N3O4S/c1-7-42-35(41)32-23(5)37-36-39(33(32)29-14-10-11-15-30(29)43-21(2)3)34(40)31(44-36)20-27-18-22(4)38(24(27)6)28-17-16-25-12-8-9-13-26(25)19-28/h8-21,33H,7H2,1-6H3/b31-20+/t33-/m0/s1. The summed E-state index contributed by atoms with van der Waals surface area (Å²) < 4.78 is 16.0. The van der Waals surface area contributed by atoms with E-state index >= 15 is 0 Å². The molecule has 1 aliphatic heterocycles. The van der Waals surface area contributed by atoms with E-state index < -0.39 is 12.0 Å². The maximum Gasteiger partial charge on any atom is 0.338 e. The van der Waals surface area contributed by atoms with Gasteiger partial charge in [0.2, 0.25) is 0 Å². The number of para-hydroxylation sites is 1. The molecule has 44 heavy (non-hydrogen) atoms.